The molecule has 9 heteroatoms. The number of amides is 2. The normalized spacial score (nSPS) is 14.4. The molecule has 3 rings (SSSR count). The first-order chi connectivity index (χ1) is 12.8. The van der Waals surface area contributed by atoms with Crippen LogP contribution in [0, 0.1) is 5.82 Å². The van der Waals surface area contributed by atoms with Gasteiger partial charge in [-0.1, -0.05) is 17.7 Å². The van der Waals surface area contributed by atoms with E-state index in [4.69, 9.17) is 21.1 Å². The highest BCUT2D eigenvalue weighted by Crippen LogP contribution is 2.35. The molecule has 0 saturated heterocycles. The molecule has 0 bridgehead atoms. The van der Waals surface area contributed by atoms with Gasteiger partial charge in [-0.3, -0.25) is 9.59 Å². The van der Waals surface area contributed by atoms with Gasteiger partial charge < -0.3 is 25.2 Å². The van der Waals surface area contributed by atoms with E-state index >= 15 is 0 Å². The van der Waals surface area contributed by atoms with E-state index in [0.29, 0.717) is 17.1 Å². The second-order valence-corrected chi connectivity index (χ2v) is 6.51. The van der Waals surface area contributed by atoms with Gasteiger partial charge >= 0.3 is 11.8 Å². The van der Waals surface area contributed by atoms with Crippen LogP contribution >= 0.6 is 11.6 Å². The maximum atomic E-state index is 13.1. The van der Waals surface area contributed by atoms with E-state index in [1.165, 1.54) is 19.1 Å². The molecule has 1 aliphatic heterocycles. The number of halogens is 2. The smallest absolute Gasteiger partial charge is 0.313 e. The van der Waals surface area contributed by atoms with Crippen molar-refractivity contribution in [1.82, 2.24) is 5.32 Å². The first kappa shape index (κ1) is 18.9. The molecular weight excluding hydrogens is 379 g/mol. The molecule has 3 N–H and O–H groups in total. The summed E-state index contributed by atoms with van der Waals surface area (Å²) in [5.74, 6) is -1.52. The van der Waals surface area contributed by atoms with Crippen molar-refractivity contribution in [3.63, 3.8) is 0 Å². The van der Waals surface area contributed by atoms with Gasteiger partial charge in [-0.25, -0.2) is 4.39 Å². The van der Waals surface area contributed by atoms with Gasteiger partial charge in [0.1, 0.15) is 11.4 Å². The summed E-state index contributed by atoms with van der Waals surface area (Å²) >= 11 is 5.63. The molecule has 1 atom stereocenters. The fraction of sp³-hybridized carbons (Fsp3) is 0.222. The number of carbonyl (C=O) groups excluding carboxylic acids is 2. The first-order valence-electron chi connectivity index (χ1n) is 7.93. The molecule has 142 valence electrons. The molecule has 7 nitrogen and oxygen atoms in total. The monoisotopic (exact) mass is 394 g/mol. The Morgan fingerprint density at radius 2 is 1.93 bits per heavy atom. The summed E-state index contributed by atoms with van der Waals surface area (Å²) in [5, 5.41) is 15.1. The lowest BCUT2D eigenvalue weighted by Crippen LogP contribution is -2.43. The molecule has 1 unspecified atom stereocenters. The highest BCUT2D eigenvalue weighted by Gasteiger charge is 2.27. The number of carbonyl (C=O) groups is 2. The predicted molar refractivity (Wildman–Crippen MR) is 95.2 cm³/mol. The van der Waals surface area contributed by atoms with Gasteiger partial charge in [0.25, 0.3) is 0 Å². The van der Waals surface area contributed by atoms with E-state index < -0.39 is 23.2 Å². The average Bonchev–Trinajstić information content (AvgIpc) is 3.10. The van der Waals surface area contributed by atoms with E-state index in [2.05, 4.69) is 10.6 Å². The summed E-state index contributed by atoms with van der Waals surface area (Å²) in [4.78, 5) is 23.9. The topological polar surface area (TPSA) is 96.9 Å². The van der Waals surface area contributed by atoms with Crippen LogP contribution in [0.5, 0.6) is 11.5 Å². The van der Waals surface area contributed by atoms with Crippen molar-refractivity contribution in [2.24, 2.45) is 0 Å². The van der Waals surface area contributed by atoms with Gasteiger partial charge in [-0.15, -0.1) is 0 Å². The molecule has 2 amide bonds. The number of ether oxygens (including phenoxy) is 2. The van der Waals surface area contributed by atoms with Crippen LogP contribution in [-0.4, -0.2) is 30.3 Å². The third kappa shape index (κ3) is 4.29. The minimum Gasteiger partial charge on any atom is -0.454 e. The van der Waals surface area contributed by atoms with Crippen LogP contribution in [0.2, 0.25) is 5.02 Å². The lowest BCUT2D eigenvalue weighted by molar-refractivity contribution is -0.136. The molecule has 0 spiro atoms. The van der Waals surface area contributed by atoms with Crippen LogP contribution in [-0.2, 0) is 15.2 Å². The molecule has 0 aromatic heterocycles. The summed E-state index contributed by atoms with van der Waals surface area (Å²) in [6.45, 7) is 1.37. The highest BCUT2D eigenvalue weighted by atomic mass is 35.5. The van der Waals surface area contributed by atoms with E-state index in [1.807, 2.05) is 0 Å². The number of aliphatic hydroxyl groups is 1. The Balaban J connectivity index is 1.60. The zero-order valence-electron chi connectivity index (χ0n) is 14.2. The maximum Gasteiger partial charge on any atom is 0.313 e. The number of nitrogens with one attached hydrogen (secondary N) is 2. The molecule has 27 heavy (non-hydrogen) atoms. The number of fused-ring (bicyclic) bond motifs is 1. The maximum absolute atomic E-state index is 13.1. The molecule has 2 aromatic rings. The fourth-order valence-electron chi connectivity index (χ4n) is 2.43. The third-order valence-electron chi connectivity index (χ3n) is 3.97. The van der Waals surface area contributed by atoms with Crippen molar-refractivity contribution < 1.29 is 28.6 Å². The third-order valence-corrected chi connectivity index (χ3v) is 4.26. The SMILES string of the molecule is CC(O)(CNC(=O)C(=O)Nc1ccc(F)c(Cl)c1)c1ccc2c(c1)OCO2. The van der Waals surface area contributed by atoms with Gasteiger partial charge in [0, 0.05) is 5.69 Å². The Kier molecular flexibility index (Phi) is 5.20. The molecule has 2 aromatic carbocycles. The second kappa shape index (κ2) is 7.42. The lowest BCUT2D eigenvalue weighted by Gasteiger charge is -2.24. The van der Waals surface area contributed by atoms with Crippen molar-refractivity contribution in [3.05, 3.63) is 52.8 Å². The van der Waals surface area contributed by atoms with E-state index in [0.717, 1.165) is 6.07 Å². The second-order valence-electron chi connectivity index (χ2n) is 6.11. The van der Waals surface area contributed by atoms with E-state index in [-0.39, 0.29) is 24.0 Å². The van der Waals surface area contributed by atoms with Crippen molar-refractivity contribution in [3.8, 4) is 11.5 Å². The van der Waals surface area contributed by atoms with Crippen molar-refractivity contribution in [2.45, 2.75) is 12.5 Å². The largest absolute Gasteiger partial charge is 0.454 e. The molecule has 0 radical (unpaired) electrons. The predicted octanol–water partition coefficient (Wildman–Crippen LogP) is 2.17. The Hall–Kier alpha value is -2.84. The summed E-state index contributed by atoms with van der Waals surface area (Å²) in [6.07, 6.45) is 0. The Morgan fingerprint density at radius 3 is 2.67 bits per heavy atom. The van der Waals surface area contributed by atoms with Gasteiger partial charge in [-0.2, -0.15) is 0 Å². The number of anilines is 1. The van der Waals surface area contributed by atoms with Gasteiger partial charge in [0.15, 0.2) is 11.5 Å². The van der Waals surface area contributed by atoms with Gasteiger partial charge in [0.05, 0.1) is 11.6 Å². The Morgan fingerprint density at radius 1 is 1.19 bits per heavy atom. The fourth-order valence-corrected chi connectivity index (χ4v) is 2.61. The average molecular weight is 395 g/mol. The minimum atomic E-state index is -1.45. The minimum absolute atomic E-state index is 0.102. The van der Waals surface area contributed by atoms with Crippen molar-refractivity contribution in [1.29, 1.82) is 0 Å². The van der Waals surface area contributed by atoms with Crippen LogP contribution < -0.4 is 20.1 Å². The summed E-state index contributed by atoms with van der Waals surface area (Å²) < 4.78 is 23.6. The van der Waals surface area contributed by atoms with Crippen LogP contribution in [0.1, 0.15) is 12.5 Å². The van der Waals surface area contributed by atoms with Crippen molar-refractivity contribution >= 4 is 29.1 Å². The number of hydrogen-bond acceptors (Lipinski definition) is 5. The van der Waals surface area contributed by atoms with E-state index in [1.54, 1.807) is 18.2 Å². The lowest BCUT2D eigenvalue weighted by atomic mass is 9.95. The number of rotatable bonds is 4. The Bertz CT molecular complexity index is 903. The van der Waals surface area contributed by atoms with Crippen LogP contribution in [0.15, 0.2) is 36.4 Å². The summed E-state index contributed by atoms with van der Waals surface area (Å²) in [7, 11) is 0. The van der Waals surface area contributed by atoms with Gasteiger partial charge in [-0.05, 0) is 42.8 Å². The zero-order chi connectivity index (χ0) is 19.6. The molecule has 0 saturated carbocycles. The van der Waals surface area contributed by atoms with Crippen molar-refractivity contribution in [2.75, 3.05) is 18.7 Å². The van der Waals surface area contributed by atoms with E-state index in [9.17, 15) is 19.1 Å². The Labute approximate surface area is 159 Å². The highest BCUT2D eigenvalue weighted by molar-refractivity contribution is 6.39. The summed E-state index contributed by atoms with van der Waals surface area (Å²) in [6, 6.07) is 8.43. The molecule has 0 aliphatic carbocycles. The number of hydrogen-bond donors (Lipinski definition) is 3. The standard InChI is InChI=1S/C18H16ClFN2O5/c1-18(25,10-2-5-14-15(6-10)27-9-26-14)8-21-16(23)17(24)22-11-3-4-13(20)12(19)7-11/h2-7,25H,8-9H2,1H3,(H,21,23)(H,22,24). The van der Waals surface area contributed by atoms with Gasteiger partial charge in [0.2, 0.25) is 6.79 Å². The van der Waals surface area contributed by atoms with Crippen LogP contribution in [0.3, 0.4) is 0 Å². The number of benzene rings is 2. The van der Waals surface area contributed by atoms with Crippen LogP contribution in [0.4, 0.5) is 10.1 Å². The quantitative estimate of drug-likeness (QED) is 0.690. The zero-order valence-corrected chi connectivity index (χ0v) is 15.0. The summed E-state index contributed by atoms with van der Waals surface area (Å²) in [5.41, 5.74) is -0.794. The molecule has 1 aliphatic rings. The molecule has 1 heterocycles. The molecular formula is C18H16ClFN2O5. The molecule has 0 fully saturated rings. The van der Waals surface area contributed by atoms with Crippen LogP contribution in [0.25, 0.3) is 0 Å². The first-order valence-corrected chi connectivity index (χ1v) is 8.31.